The summed E-state index contributed by atoms with van der Waals surface area (Å²) in [4.78, 5) is 5.06. The molecule has 0 bridgehead atoms. The number of benzene rings is 2. The summed E-state index contributed by atoms with van der Waals surface area (Å²) in [6.45, 7) is 19.1. The zero-order valence-electron chi connectivity index (χ0n) is 20.8. The molecule has 186 valence electrons. The van der Waals surface area contributed by atoms with Gasteiger partial charge in [-0.15, -0.1) is 0 Å². The van der Waals surface area contributed by atoms with Gasteiger partial charge in [0.15, 0.2) is 11.6 Å². The molecule has 0 fully saturated rings. The lowest BCUT2D eigenvalue weighted by atomic mass is 9.99. The first-order valence-corrected chi connectivity index (χ1v) is 11.8. The van der Waals surface area contributed by atoms with Crippen LogP contribution in [0.2, 0.25) is 0 Å². The molecule has 3 nitrogen and oxygen atoms in total. The highest BCUT2D eigenvalue weighted by atomic mass is 19.2. The van der Waals surface area contributed by atoms with E-state index >= 15 is 0 Å². The number of aromatic amines is 1. The molecule has 0 radical (unpaired) electrons. The number of nitrogens with zero attached hydrogens (tertiary/aromatic N) is 1. The SMILES string of the molecule is C=C(Nc1cccc(C(=C)c2c[nH]c(=C)/c2=C\C=C/C)c1)C1=CC=CN(Cc2ccc(F)c(F)c2)C1=C. The second kappa shape index (κ2) is 11.0. The zero-order valence-corrected chi connectivity index (χ0v) is 20.8. The number of rotatable bonds is 8. The van der Waals surface area contributed by atoms with Crippen molar-refractivity contribution in [2.75, 3.05) is 5.32 Å². The fraction of sp³-hybridized carbons (Fsp3) is 0.0625. The summed E-state index contributed by atoms with van der Waals surface area (Å²) >= 11 is 0. The van der Waals surface area contributed by atoms with Crippen LogP contribution in [0.3, 0.4) is 0 Å². The van der Waals surface area contributed by atoms with Crippen LogP contribution in [0.1, 0.15) is 23.6 Å². The average Bonchev–Trinajstić information content (AvgIpc) is 3.25. The molecule has 0 unspecified atom stereocenters. The number of aromatic nitrogens is 1. The summed E-state index contributed by atoms with van der Waals surface area (Å²) in [5.41, 5.74) is 6.48. The minimum absolute atomic E-state index is 0.351. The third-order valence-corrected chi connectivity index (χ3v) is 6.14. The predicted octanol–water partition coefficient (Wildman–Crippen LogP) is 6.52. The van der Waals surface area contributed by atoms with Gasteiger partial charge in [-0.25, -0.2) is 8.78 Å². The Morgan fingerprint density at radius 3 is 2.65 bits per heavy atom. The first-order chi connectivity index (χ1) is 17.8. The summed E-state index contributed by atoms with van der Waals surface area (Å²) in [6, 6.07) is 11.8. The van der Waals surface area contributed by atoms with Gasteiger partial charge in [0.05, 0.1) is 0 Å². The predicted molar refractivity (Wildman–Crippen MR) is 150 cm³/mol. The van der Waals surface area contributed by atoms with Crippen molar-refractivity contribution < 1.29 is 8.78 Å². The van der Waals surface area contributed by atoms with Crippen LogP contribution in [0.15, 0.2) is 116 Å². The number of H-pyrrole nitrogens is 1. The fourth-order valence-electron chi connectivity index (χ4n) is 4.13. The molecule has 0 spiro atoms. The Kier molecular flexibility index (Phi) is 7.54. The Morgan fingerprint density at radius 2 is 1.89 bits per heavy atom. The molecule has 4 rings (SSSR count). The normalized spacial score (nSPS) is 13.8. The van der Waals surface area contributed by atoms with Crippen LogP contribution in [0.25, 0.3) is 18.2 Å². The van der Waals surface area contributed by atoms with E-state index in [0.29, 0.717) is 23.5 Å². The van der Waals surface area contributed by atoms with Crippen LogP contribution in [-0.4, -0.2) is 9.88 Å². The standard InChI is InChI=1S/C32H29F2N3/c1-6-7-12-29-22(3)35-19-30(29)21(2)26-10-8-11-27(18-26)36-23(4)28-13-9-16-37(24(28)5)20-25-14-15-31(33)32(34)17-25/h6-19,35-36H,2-5,20H2,1H3/b7-6-,29-12+. The number of halogens is 2. The van der Waals surface area contributed by atoms with Crippen molar-refractivity contribution in [3.8, 4) is 0 Å². The lowest BCUT2D eigenvalue weighted by Gasteiger charge is -2.28. The quantitative estimate of drug-likeness (QED) is 0.375. The summed E-state index contributed by atoms with van der Waals surface area (Å²) in [7, 11) is 0. The topological polar surface area (TPSA) is 31.1 Å². The first-order valence-electron chi connectivity index (χ1n) is 11.8. The van der Waals surface area contributed by atoms with Crippen LogP contribution in [0.4, 0.5) is 14.5 Å². The third kappa shape index (κ3) is 5.62. The van der Waals surface area contributed by atoms with E-state index in [1.807, 2.05) is 78.9 Å². The van der Waals surface area contributed by atoms with Gasteiger partial charge in [0.1, 0.15) is 0 Å². The molecular weight excluding hydrogens is 464 g/mol. The van der Waals surface area contributed by atoms with Crippen LogP contribution in [-0.2, 0) is 6.54 Å². The summed E-state index contributed by atoms with van der Waals surface area (Å²) in [6.07, 6.45) is 13.5. The number of anilines is 1. The first kappa shape index (κ1) is 25.5. The van der Waals surface area contributed by atoms with Gasteiger partial charge in [-0.05, 0) is 60.0 Å². The lowest BCUT2D eigenvalue weighted by Crippen LogP contribution is -2.22. The van der Waals surface area contributed by atoms with E-state index in [-0.39, 0.29) is 0 Å². The number of hydrogen-bond donors (Lipinski definition) is 2. The number of hydrogen-bond acceptors (Lipinski definition) is 2. The summed E-state index contributed by atoms with van der Waals surface area (Å²) < 4.78 is 27.0. The van der Waals surface area contributed by atoms with Crippen LogP contribution in [0.5, 0.6) is 0 Å². The van der Waals surface area contributed by atoms with E-state index in [2.05, 4.69) is 36.6 Å². The maximum Gasteiger partial charge on any atom is 0.159 e. The Morgan fingerprint density at radius 1 is 1.08 bits per heavy atom. The molecule has 0 atom stereocenters. The maximum atomic E-state index is 13.7. The van der Waals surface area contributed by atoms with Crippen LogP contribution < -0.4 is 15.9 Å². The average molecular weight is 494 g/mol. The molecule has 37 heavy (non-hydrogen) atoms. The second-order valence-corrected chi connectivity index (χ2v) is 8.69. The molecule has 5 heteroatoms. The summed E-state index contributed by atoms with van der Waals surface area (Å²) in [5, 5.41) is 5.21. The molecule has 0 saturated heterocycles. The van der Waals surface area contributed by atoms with Gasteiger partial charge in [-0.1, -0.05) is 62.7 Å². The molecule has 2 aromatic carbocycles. The minimum atomic E-state index is -0.870. The van der Waals surface area contributed by atoms with Gasteiger partial charge in [-0.2, -0.15) is 0 Å². The van der Waals surface area contributed by atoms with Crippen molar-refractivity contribution in [2.24, 2.45) is 0 Å². The molecule has 2 heterocycles. The van der Waals surface area contributed by atoms with Crippen molar-refractivity contribution >= 4 is 23.9 Å². The monoisotopic (exact) mass is 493 g/mol. The van der Waals surface area contributed by atoms with E-state index < -0.39 is 11.6 Å². The van der Waals surface area contributed by atoms with Crippen molar-refractivity contribution in [2.45, 2.75) is 13.5 Å². The van der Waals surface area contributed by atoms with E-state index in [0.717, 1.165) is 44.6 Å². The van der Waals surface area contributed by atoms with Crippen molar-refractivity contribution in [3.05, 3.63) is 155 Å². The number of allylic oxidation sites excluding steroid dienone is 4. The van der Waals surface area contributed by atoms with Gasteiger partial charge in [0.2, 0.25) is 0 Å². The van der Waals surface area contributed by atoms with E-state index in [1.54, 1.807) is 6.07 Å². The second-order valence-electron chi connectivity index (χ2n) is 8.69. The third-order valence-electron chi connectivity index (χ3n) is 6.14. The van der Waals surface area contributed by atoms with Gasteiger partial charge < -0.3 is 15.2 Å². The molecule has 3 aromatic rings. The Bertz CT molecular complexity index is 1580. The van der Waals surface area contributed by atoms with E-state index in [9.17, 15) is 8.78 Å². The van der Waals surface area contributed by atoms with Gasteiger partial charge >= 0.3 is 0 Å². The lowest BCUT2D eigenvalue weighted by molar-refractivity contribution is 0.459. The van der Waals surface area contributed by atoms with Crippen molar-refractivity contribution in [1.82, 2.24) is 9.88 Å². The largest absolute Gasteiger partial charge is 0.361 e. The van der Waals surface area contributed by atoms with E-state index in [4.69, 9.17) is 0 Å². The van der Waals surface area contributed by atoms with Crippen LogP contribution >= 0.6 is 0 Å². The molecule has 1 aliphatic rings. The fourth-order valence-corrected chi connectivity index (χ4v) is 4.13. The minimum Gasteiger partial charge on any atom is -0.361 e. The van der Waals surface area contributed by atoms with Crippen molar-refractivity contribution in [3.63, 3.8) is 0 Å². The Balaban J connectivity index is 1.50. The molecule has 1 aromatic heterocycles. The molecular formula is C32H29F2N3. The van der Waals surface area contributed by atoms with Gasteiger partial charge in [0.25, 0.3) is 0 Å². The molecule has 0 aliphatic carbocycles. The zero-order chi connectivity index (χ0) is 26.5. The van der Waals surface area contributed by atoms with Crippen LogP contribution in [0, 0.1) is 11.6 Å². The van der Waals surface area contributed by atoms with E-state index in [1.165, 1.54) is 6.07 Å². The Hall–Kier alpha value is -4.64. The maximum absolute atomic E-state index is 13.7. The number of nitrogens with one attached hydrogen (secondary N) is 2. The molecule has 2 N–H and O–H groups in total. The molecule has 0 amide bonds. The van der Waals surface area contributed by atoms with Gasteiger partial charge in [-0.3, -0.25) is 0 Å². The smallest absolute Gasteiger partial charge is 0.159 e. The van der Waals surface area contributed by atoms with Crippen molar-refractivity contribution in [1.29, 1.82) is 0 Å². The highest BCUT2D eigenvalue weighted by Gasteiger charge is 2.17. The Labute approximate surface area is 216 Å². The molecule has 0 saturated carbocycles. The van der Waals surface area contributed by atoms with Gasteiger partial charge in [0, 0.05) is 57.7 Å². The summed E-state index contributed by atoms with van der Waals surface area (Å²) in [5.74, 6) is -1.74. The molecule has 1 aliphatic heterocycles. The highest BCUT2D eigenvalue weighted by molar-refractivity contribution is 5.80. The highest BCUT2D eigenvalue weighted by Crippen LogP contribution is 2.29.